The molecule has 0 saturated carbocycles. The monoisotopic (exact) mass is 346 g/mol. The van der Waals surface area contributed by atoms with Gasteiger partial charge in [-0.2, -0.15) is 0 Å². The van der Waals surface area contributed by atoms with Gasteiger partial charge in [0, 0.05) is 45.3 Å². The molecule has 2 amide bonds. The molecule has 25 heavy (non-hydrogen) atoms. The first-order valence-corrected chi connectivity index (χ1v) is 9.08. The summed E-state index contributed by atoms with van der Waals surface area (Å²) in [6.07, 6.45) is 3.90. The molecule has 0 aliphatic carbocycles. The Hall–Kier alpha value is -2.08. The zero-order chi connectivity index (χ0) is 18.1. The van der Waals surface area contributed by atoms with Gasteiger partial charge in [-0.25, -0.2) is 0 Å². The highest BCUT2D eigenvalue weighted by Crippen LogP contribution is 2.20. The molecule has 0 atom stereocenters. The highest BCUT2D eigenvalue weighted by molar-refractivity contribution is 5.78. The second-order valence-corrected chi connectivity index (χ2v) is 6.72. The van der Waals surface area contributed by atoms with E-state index >= 15 is 0 Å². The number of anilines is 1. The summed E-state index contributed by atoms with van der Waals surface area (Å²) in [5.41, 5.74) is 2.50. The number of benzene rings is 1. The molecule has 2 rings (SSSR count). The minimum absolute atomic E-state index is 0.0298. The third-order valence-corrected chi connectivity index (χ3v) is 4.34. The van der Waals surface area contributed by atoms with Crippen LogP contribution in [0.5, 0.6) is 0 Å². The van der Waals surface area contributed by atoms with E-state index in [1.807, 2.05) is 11.9 Å². The molecule has 1 aromatic carbocycles. The number of piperidine rings is 1. The quantitative estimate of drug-likeness (QED) is 0.698. The van der Waals surface area contributed by atoms with Crippen LogP contribution in [0, 0.1) is 0 Å². The average molecular weight is 346 g/mol. The van der Waals surface area contributed by atoms with Crippen LogP contribution in [0.3, 0.4) is 0 Å². The summed E-state index contributed by atoms with van der Waals surface area (Å²) >= 11 is 0. The lowest BCUT2D eigenvalue weighted by Crippen LogP contribution is -2.39. The molecule has 1 heterocycles. The van der Waals surface area contributed by atoms with Crippen LogP contribution in [-0.4, -0.2) is 56.5 Å². The van der Waals surface area contributed by atoms with E-state index in [0.717, 1.165) is 19.6 Å². The van der Waals surface area contributed by atoms with Gasteiger partial charge in [-0.3, -0.25) is 14.5 Å². The molecule has 1 saturated heterocycles. The number of likely N-dealkylation sites (N-methyl/N-ethyl adjacent to an activating group) is 1. The molecule has 0 aromatic heterocycles. The predicted octanol–water partition coefficient (Wildman–Crippen LogP) is 1.36. The smallest absolute Gasteiger partial charge is 0.234 e. The van der Waals surface area contributed by atoms with Crippen molar-refractivity contribution in [1.29, 1.82) is 0 Å². The molecule has 0 unspecified atom stereocenters. The minimum atomic E-state index is -0.0839. The van der Waals surface area contributed by atoms with Crippen molar-refractivity contribution in [2.75, 3.05) is 44.7 Å². The average Bonchev–Trinajstić information content (AvgIpc) is 2.60. The van der Waals surface area contributed by atoms with Gasteiger partial charge in [0.2, 0.25) is 11.8 Å². The lowest BCUT2D eigenvalue weighted by molar-refractivity contribution is -0.122. The fourth-order valence-electron chi connectivity index (χ4n) is 3.07. The molecule has 1 aromatic rings. The molecule has 1 aliphatic rings. The van der Waals surface area contributed by atoms with E-state index in [2.05, 4.69) is 39.8 Å². The number of carbonyl (C=O) groups is 2. The number of rotatable bonds is 8. The van der Waals surface area contributed by atoms with Crippen LogP contribution in [0.4, 0.5) is 5.69 Å². The molecule has 138 valence electrons. The van der Waals surface area contributed by atoms with Gasteiger partial charge in [0.25, 0.3) is 0 Å². The molecule has 6 heteroatoms. The van der Waals surface area contributed by atoms with E-state index in [9.17, 15) is 9.59 Å². The summed E-state index contributed by atoms with van der Waals surface area (Å²) in [4.78, 5) is 27.1. The third kappa shape index (κ3) is 7.13. The van der Waals surface area contributed by atoms with Crippen molar-refractivity contribution < 1.29 is 9.59 Å². The van der Waals surface area contributed by atoms with Crippen LogP contribution in [0.25, 0.3) is 0 Å². The Kier molecular flexibility index (Phi) is 7.73. The van der Waals surface area contributed by atoms with Crippen molar-refractivity contribution in [3.05, 3.63) is 29.8 Å². The molecular formula is C19H30N4O2. The summed E-state index contributed by atoms with van der Waals surface area (Å²) in [6, 6.07) is 8.66. The number of nitrogens with zero attached hydrogens (tertiary/aromatic N) is 2. The number of carbonyl (C=O) groups excluding carboxylic acids is 2. The van der Waals surface area contributed by atoms with Crippen molar-refractivity contribution in [2.24, 2.45) is 0 Å². The maximum Gasteiger partial charge on any atom is 0.234 e. The van der Waals surface area contributed by atoms with Crippen molar-refractivity contribution in [3.63, 3.8) is 0 Å². The Balaban J connectivity index is 1.71. The second kappa shape index (κ2) is 10.0. The fraction of sp³-hybridized carbons (Fsp3) is 0.579. The number of amides is 2. The molecule has 1 fully saturated rings. The van der Waals surface area contributed by atoms with Gasteiger partial charge in [-0.05, 0) is 44.0 Å². The standard InChI is InChI=1S/C19H30N4O2/c1-16(24)20-10-11-21-19(25)15-22(2)14-17-6-8-18(9-7-17)23-12-4-3-5-13-23/h6-9H,3-5,10-15H2,1-2H3,(H,20,24)(H,21,25). The highest BCUT2D eigenvalue weighted by Gasteiger charge is 2.11. The van der Waals surface area contributed by atoms with Crippen molar-refractivity contribution in [1.82, 2.24) is 15.5 Å². The normalized spacial score (nSPS) is 14.4. The summed E-state index contributed by atoms with van der Waals surface area (Å²) in [6.45, 7) is 5.76. The van der Waals surface area contributed by atoms with Gasteiger partial charge >= 0.3 is 0 Å². The largest absolute Gasteiger partial charge is 0.372 e. The van der Waals surface area contributed by atoms with Gasteiger partial charge in [0.1, 0.15) is 0 Å². The first-order valence-electron chi connectivity index (χ1n) is 9.08. The number of hydrogen-bond donors (Lipinski definition) is 2. The maximum absolute atomic E-state index is 11.9. The highest BCUT2D eigenvalue weighted by atomic mass is 16.2. The second-order valence-electron chi connectivity index (χ2n) is 6.72. The number of hydrogen-bond acceptors (Lipinski definition) is 4. The predicted molar refractivity (Wildman–Crippen MR) is 101 cm³/mol. The van der Waals surface area contributed by atoms with Gasteiger partial charge in [-0.1, -0.05) is 12.1 Å². The van der Waals surface area contributed by atoms with Gasteiger partial charge in [0.05, 0.1) is 6.54 Å². The Labute approximate surface area is 150 Å². The first-order chi connectivity index (χ1) is 12.0. The van der Waals surface area contributed by atoms with Gasteiger partial charge in [-0.15, -0.1) is 0 Å². The summed E-state index contributed by atoms with van der Waals surface area (Å²) < 4.78 is 0. The molecule has 6 nitrogen and oxygen atoms in total. The zero-order valence-electron chi connectivity index (χ0n) is 15.4. The van der Waals surface area contributed by atoms with Crippen LogP contribution >= 0.6 is 0 Å². The van der Waals surface area contributed by atoms with E-state index in [0.29, 0.717) is 19.6 Å². The summed E-state index contributed by atoms with van der Waals surface area (Å²) in [5.74, 6) is -0.114. The van der Waals surface area contributed by atoms with Crippen LogP contribution in [0.2, 0.25) is 0 Å². The van der Waals surface area contributed by atoms with Crippen LogP contribution in [0.1, 0.15) is 31.7 Å². The molecule has 0 bridgehead atoms. The van der Waals surface area contributed by atoms with Crippen molar-refractivity contribution >= 4 is 17.5 Å². The zero-order valence-corrected chi connectivity index (χ0v) is 15.4. The lowest BCUT2D eigenvalue weighted by atomic mass is 10.1. The topological polar surface area (TPSA) is 64.7 Å². The summed E-state index contributed by atoms with van der Waals surface area (Å²) in [7, 11) is 1.94. The SMILES string of the molecule is CC(=O)NCCNC(=O)CN(C)Cc1ccc(N2CCCCC2)cc1. The minimum Gasteiger partial charge on any atom is -0.372 e. The first kappa shape index (κ1) is 19.2. The molecule has 2 N–H and O–H groups in total. The van der Waals surface area contributed by atoms with Gasteiger partial charge < -0.3 is 15.5 Å². The van der Waals surface area contributed by atoms with E-state index in [4.69, 9.17) is 0 Å². The Morgan fingerprint density at radius 3 is 2.32 bits per heavy atom. The Bertz CT molecular complexity index is 553. The molecule has 1 aliphatic heterocycles. The van der Waals surface area contributed by atoms with Crippen LogP contribution in [-0.2, 0) is 16.1 Å². The van der Waals surface area contributed by atoms with E-state index in [1.54, 1.807) is 0 Å². The van der Waals surface area contributed by atoms with E-state index in [-0.39, 0.29) is 11.8 Å². The summed E-state index contributed by atoms with van der Waals surface area (Å²) in [5, 5.41) is 5.46. The Morgan fingerprint density at radius 1 is 1.04 bits per heavy atom. The molecule has 0 spiro atoms. The van der Waals surface area contributed by atoms with Crippen molar-refractivity contribution in [2.45, 2.75) is 32.7 Å². The van der Waals surface area contributed by atoms with Crippen molar-refractivity contribution in [3.8, 4) is 0 Å². The van der Waals surface area contributed by atoms with Crippen LogP contribution in [0.15, 0.2) is 24.3 Å². The number of nitrogens with one attached hydrogen (secondary N) is 2. The Morgan fingerprint density at radius 2 is 1.68 bits per heavy atom. The van der Waals surface area contributed by atoms with Crippen LogP contribution < -0.4 is 15.5 Å². The van der Waals surface area contributed by atoms with E-state index in [1.165, 1.54) is 37.4 Å². The lowest BCUT2D eigenvalue weighted by Gasteiger charge is -2.29. The molecule has 0 radical (unpaired) electrons. The fourth-order valence-corrected chi connectivity index (χ4v) is 3.07. The van der Waals surface area contributed by atoms with Gasteiger partial charge in [0.15, 0.2) is 0 Å². The molecular weight excluding hydrogens is 316 g/mol. The van der Waals surface area contributed by atoms with E-state index < -0.39 is 0 Å². The third-order valence-electron chi connectivity index (χ3n) is 4.34. The maximum atomic E-state index is 11.9.